The highest BCUT2D eigenvalue weighted by Gasteiger charge is 2.18. The highest BCUT2D eigenvalue weighted by molar-refractivity contribution is 14.0. The van der Waals surface area contributed by atoms with Gasteiger partial charge in [0.05, 0.1) is 19.8 Å². The van der Waals surface area contributed by atoms with Crippen LogP contribution in [0.4, 0.5) is 0 Å². The maximum atomic E-state index is 6.21. The lowest BCUT2D eigenvalue weighted by Gasteiger charge is -2.18. The Balaban J connectivity index is 0.00000306. The lowest BCUT2D eigenvalue weighted by Crippen LogP contribution is -2.36. The van der Waals surface area contributed by atoms with Gasteiger partial charge in [0, 0.05) is 44.5 Å². The van der Waals surface area contributed by atoms with Crippen molar-refractivity contribution in [3.63, 3.8) is 0 Å². The summed E-state index contributed by atoms with van der Waals surface area (Å²) >= 11 is 0. The number of rotatable bonds is 8. The molecule has 7 nitrogen and oxygen atoms in total. The molecule has 3 aromatic rings. The number of ether oxygens (including phenoxy) is 2. The smallest absolute Gasteiger partial charge is 0.191 e. The van der Waals surface area contributed by atoms with Crippen molar-refractivity contribution in [2.75, 3.05) is 20.3 Å². The first kappa shape index (κ1) is 25.0. The van der Waals surface area contributed by atoms with Crippen LogP contribution in [-0.2, 0) is 24.4 Å². The predicted molar refractivity (Wildman–Crippen MR) is 141 cm³/mol. The van der Waals surface area contributed by atoms with E-state index in [2.05, 4.69) is 70.1 Å². The van der Waals surface area contributed by atoms with Crippen molar-refractivity contribution >= 4 is 29.9 Å². The van der Waals surface area contributed by atoms with E-state index >= 15 is 0 Å². The molecule has 0 aliphatic carbocycles. The molecule has 0 spiro atoms. The van der Waals surface area contributed by atoms with Gasteiger partial charge in [-0.25, -0.2) is 0 Å². The summed E-state index contributed by atoms with van der Waals surface area (Å²) in [5, 5.41) is 11.2. The average Bonchev–Trinajstić information content (AvgIpc) is 3.50. The van der Waals surface area contributed by atoms with Gasteiger partial charge in [-0.1, -0.05) is 36.4 Å². The van der Waals surface area contributed by atoms with E-state index in [1.54, 1.807) is 13.2 Å². The Morgan fingerprint density at radius 3 is 2.61 bits per heavy atom. The Morgan fingerprint density at radius 1 is 1.12 bits per heavy atom. The molecule has 0 radical (unpaired) electrons. The van der Waals surface area contributed by atoms with Crippen molar-refractivity contribution < 1.29 is 9.47 Å². The van der Waals surface area contributed by atoms with Crippen LogP contribution in [0.3, 0.4) is 0 Å². The molecule has 4 rings (SSSR count). The van der Waals surface area contributed by atoms with E-state index < -0.39 is 0 Å². The summed E-state index contributed by atoms with van der Waals surface area (Å²) in [5.41, 5.74) is 4.72. The third kappa shape index (κ3) is 7.20. The lowest BCUT2D eigenvalue weighted by molar-refractivity contribution is 0.140. The SMILES string of the molecule is CN=C(NCc1ccccc1Cn1cccn1)NCc1ccc(C)cc1OC1CCOC1.I. The second-order valence-corrected chi connectivity index (χ2v) is 7.97. The number of guanidine groups is 1. The van der Waals surface area contributed by atoms with E-state index in [4.69, 9.17) is 9.47 Å². The molecule has 8 heteroatoms. The van der Waals surface area contributed by atoms with Crippen LogP contribution in [0.1, 0.15) is 28.7 Å². The minimum Gasteiger partial charge on any atom is -0.488 e. The standard InChI is InChI=1S/C25H31N5O2.HI/c1-19-8-9-21(24(14-19)32-23-10-13-31-18-23)16-28-25(26-2)27-15-20-6-3-4-7-22(20)17-30-12-5-11-29-30;/h3-9,11-12,14,23H,10,13,15-18H2,1-2H3,(H2,26,27,28);1H. The van der Waals surface area contributed by atoms with Crippen LogP contribution in [0.5, 0.6) is 5.75 Å². The summed E-state index contributed by atoms with van der Waals surface area (Å²) in [6.45, 7) is 5.54. The van der Waals surface area contributed by atoms with Gasteiger partial charge in [0.15, 0.2) is 5.96 Å². The number of aryl methyl sites for hydroxylation is 1. The minimum atomic E-state index is 0. The van der Waals surface area contributed by atoms with Gasteiger partial charge in [0.2, 0.25) is 0 Å². The molecule has 0 bridgehead atoms. The number of aliphatic imine (C=N–C) groups is 1. The summed E-state index contributed by atoms with van der Waals surface area (Å²) in [6.07, 6.45) is 4.83. The molecule has 2 aromatic carbocycles. The molecular weight excluding hydrogens is 529 g/mol. The van der Waals surface area contributed by atoms with Gasteiger partial charge in [-0.15, -0.1) is 24.0 Å². The highest BCUT2D eigenvalue weighted by atomic mass is 127. The molecule has 1 saturated heterocycles. The van der Waals surface area contributed by atoms with Crippen LogP contribution < -0.4 is 15.4 Å². The predicted octanol–water partition coefficient (Wildman–Crippen LogP) is 3.89. The number of benzene rings is 2. The summed E-state index contributed by atoms with van der Waals surface area (Å²) in [4.78, 5) is 4.39. The quantitative estimate of drug-likeness (QED) is 0.248. The molecule has 176 valence electrons. The molecule has 0 saturated carbocycles. The number of halogens is 1. The first-order valence-corrected chi connectivity index (χ1v) is 11.0. The van der Waals surface area contributed by atoms with Gasteiger partial charge in [-0.05, 0) is 35.7 Å². The largest absolute Gasteiger partial charge is 0.488 e. The fraction of sp³-hybridized carbons (Fsp3) is 0.360. The molecule has 1 aliphatic rings. The topological polar surface area (TPSA) is 72.7 Å². The molecule has 2 heterocycles. The minimum absolute atomic E-state index is 0. The maximum Gasteiger partial charge on any atom is 0.191 e. The van der Waals surface area contributed by atoms with Crippen LogP contribution in [0.15, 0.2) is 65.9 Å². The molecule has 1 aromatic heterocycles. The molecule has 1 unspecified atom stereocenters. The van der Waals surface area contributed by atoms with Gasteiger partial charge in [-0.3, -0.25) is 9.67 Å². The Kier molecular flexibility index (Phi) is 9.56. The Morgan fingerprint density at radius 2 is 1.91 bits per heavy atom. The highest BCUT2D eigenvalue weighted by Crippen LogP contribution is 2.23. The van der Waals surface area contributed by atoms with E-state index in [1.165, 1.54) is 16.7 Å². The summed E-state index contributed by atoms with van der Waals surface area (Å²) in [7, 11) is 1.79. The number of hydrogen-bond acceptors (Lipinski definition) is 4. The van der Waals surface area contributed by atoms with Crippen molar-refractivity contribution in [1.82, 2.24) is 20.4 Å². The maximum absolute atomic E-state index is 6.21. The molecule has 1 fully saturated rings. The summed E-state index contributed by atoms with van der Waals surface area (Å²) < 4.78 is 13.6. The van der Waals surface area contributed by atoms with Crippen molar-refractivity contribution in [2.45, 2.75) is 39.1 Å². The normalized spacial score (nSPS) is 15.7. The molecule has 1 atom stereocenters. The monoisotopic (exact) mass is 561 g/mol. The van der Waals surface area contributed by atoms with Crippen molar-refractivity contribution in [3.8, 4) is 5.75 Å². The Hall–Kier alpha value is -2.59. The van der Waals surface area contributed by atoms with E-state index in [-0.39, 0.29) is 30.1 Å². The van der Waals surface area contributed by atoms with Gasteiger partial charge in [0.1, 0.15) is 11.9 Å². The van der Waals surface area contributed by atoms with Crippen LogP contribution in [0.2, 0.25) is 0 Å². The summed E-state index contributed by atoms with van der Waals surface area (Å²) in [6, 6.07) is 16.6. The molecular formula is C25H32IN5O2. The van der Waals surface area contributed by atoms with E-state index in [0.29, 0.717) is 19.7 Å². The third-order valence-corrected chi connectivity index (χ3v) is 5.53. The van der Waals surface area contributed by atoms with Crippen molar-refractivity contribution in [1.29, 1.82) is 0 Å². The second-order valence-electron chi connectivity index (χ2n) is 7.97. The van der Waals surface area contributed by atoms with Gasteiger partial charge in [-0.2, -0.15) is 5.10 Å². The number of hydrogen-bond donors (Lipinski definition) is 2. The van der Waals surface area contributed by atoms with Crippen molar-refractivity contribution in [3.05, 3.63) is 83.2 Å². The van der Waals surface area contributed by atoms with Crippen molar-refractivity contribution in [2.24, 2.45) is 4.99 Å². The zero-order valence-electron chi connectivity index (χ0n) is 19.2. The van der Waals surface area contributed by atoms with E-state index in [1.807, 2.05) is 16.9 Å². The zero-order chi connectivity index (χ0) is 22.2. The molecule has 1 aliphatic heterocycles. The Labute approximate surface area is 212 Å². The molecule has 0 amide bonds. The van der Waals surface area contributed by atoms with Crippen LogP contribution in [0.25, 0.3) is 0 Å². The third-order valence-electron chi connectivity index (χ3n) is 5.53. The van der Waals surface area contributed by atoms with E-state index in [0.717, 1.165) is 36.8 Å². The van der Waals surface area contributed by atoms with Gasteiger partial charge in [0.25, 0.3) is 0 Å². The van der Waals surface area contributed by atoms with Gasteiger partial charge >= 0.3 is 0 Å². The fourth-order valence-corrected chi connectivity index (χ4v) is 3.73. The number of nitrogens with zero attached hydrogens (tertiary/aromatic N) is 3. The lowest BCUT2D eigenvalue weighted by atomic mass is 10.1. The molecule has 2 N–H and O–H groups in total. The average molecular weight is 561 g/mol. The first-order valence-electron chi connectivity index (χ1n) is 11.0. The second kappa shape index (κ2) is 12.6. The number of aromatic nitrogens is 2. The van der Waals surface area contributed by atoms with Gasteiger partial charge < -0.3 is 20.1 Å². The number of nitrogens with one attached hydrogen (secondary N) is 2. The van der Waals surface area contributed by atoms with Crippen LogP contribution >= 0.6 is 24.0 Å². The summed E-state index contributed by atoms with van der Waals surface area (Å²) in [5.74, 6) is 1.66. The Bertz CT molecular complexity index is 1030. The van der Waals surface area contributed by atoms with E-state index in [9.17, 15) is 0 Å². The zero-order valence-corrected chi connectivity index (χ0v) is 21.5. The fourth-order valence-electron chi connectivity index (χ4n) is 3.73. The van der Waals surface area contributed by atoms with Crippen LogP contribution in [-0.4, -0.2) is 42.1 Å². The van der Waals surface area contributed by atoms with Crippen LogP contribution in [0, 0.1) is 6.92 Å². The first-order chi connectivity index (χ1) is 15.7. The molecule has 33 heavy (non-hydrogen) atoms.